The maximum absolute atomic E-state index is 12.0. The van der Waals surface area contributed by atoms with E-state index >= 15 is 0 Å². The van der Waals surface area contributed by atoms with Crippen LogP contribution in [0, 0.1) is 18.3 Å². The molecule has 0 aliphatic heterocycles. The van der Waals surface area contributed by atoms with Gasteiger partial charge < -0.3 is 9.84 Å². The van der Waals surface area contributed by atoms with Gasteiger partial charge in [0.1, 0.15) is 6.07 Å². The molecule has 0 fully saturated rings. The summed E-state index contributed by atoms with van der Waals surface area (Å²) < 4.78 is 6.55. The first-order valence-corrected chi connectivity index (χ1v) is 8.18. The van der Waals surface area contributed by atoms with Crippen molar-refractivity contribution >= 4 is 17.5 Å². The van der Waals surface area contributed by atoms with E-state index in [1.165, 1.54) is 0 Å². The monoisotopic (exact) mass is 370 g/mol. The van der Waals surface area contributed by atoms with Gasteiger partial charge in [-0.1, -0.05) is 22.8 Å². The number of hydrogen-bond donors (Lipinski definition) is 1. The maximum atomic E-state index is 12.0. The van der Waals surface area contributed by atoms with Crippen LogP contribution < -0.4 is 5.32 Å². The van der Waals surface area contributed by atoms with Crippen molar-refractivity contribution in [3.8, 4) is 17.3 Å². The number of aryl methyl sites for hydroxylation is 1. The summed E-state index contributed by atoms with van der Waals surface area (Å²) >= 11 is 6.06. The van der Waals surface area contributed by atoms with E-state index in [0.717, 1.165) is 11.3 Å². The molecule has 0 unspecified atom stereocenters. The lowest BCUT2D eigenvalue weighted by Crippen LogP contribution is -2.36. The normalized spacial score (nSPS) is 11.8. The highest BCUT2D eigenvalue weighted by atomic mass is 35.5. The van der Waals surface area contributed by atoms with E-state index in [4.69, 9.17) is 21.4 Å². The molecule has 132 valence electrons. The fourth-order valence-corrected chi connectivity index (χ4v) is 2.61. The smallest absolute Gasteiger partial charge is 0.315 e. The number of rotatable bonds is 5. The summed E-state index contributed by atoms with van der Waals surface area (Å²) in [6.07, 6.45) is 1.81. The number of benzene rings is 1. The molecule has 1 atom stereocenters. The molecule has 0 aliphatic rings. The number of nitrogens with zero attached hydrogens (tertiary/aromatic N) is 5. The third kappa shape index (κ3) is 3.90. The summed E-state index contributed by atoms with van der Waals surface area (Å²) in [5, 5.41) is 20.2. The Balaban J connectivity index is 1.65. The molecule has 0 saturated heterocycles. The zero-order valence-electron chi connectivity index (χ0n) is 14.1. The number of carbonyl (C=O) groups excluding carboxylic acids is 1. The van der Waals surface area contributed by atoms with Crippen LogP contribution in [0.1, 0.15) is 29.0 Å². The highest BCUT2D eigenvalue weighted by Gasteiger charge is 2.16. The Morgan fingerprint density at radius 2 is 2.27 bits per heavy atom. The number of carbonyl (C=O) groups is 1. The molecule has 1 aromatic carbocycles. The van der Waals surface area contributed by atoms with Crippen molar-refractivity contribution in [1.29, 1.82) is 5.26 Å². The third-order valence-corrected chi connectivity index (χ3v) is 3.90. The minimum absolute atomic E-state index is 0.0669. The van der Waals surface area contributed by atoms with Crippen LogP contribution >= 0.6 is 11.6 Å². The summed E-state index contributed by atoms with van der Waals surface area (Å²) in [6, 6.07) is 8.82. The lowest BCUT2D eigenvalue weighted by atomic mass is 10.1. The Bertz CT molecular complexity index is 987. The molecule has 1 N–H and O–H groups in total. The van der Waals surface area contributed by atoms with Gasteiger partial charge in [-0.15, -0.1) is 0 Å². The van der Waals surface area contributed by atoms with E-state index in [-0.39, 0.29) is 11.9 Å². The predicted molar refractivity (Wildman–Crippen MR) is 93.4 cm³/mol. The predicted octanol–water partition coefficient (Wildman–Crippen LogP) is 2.59. The highest BCUT2D eigenvalue weighted by Crippen LogP contribution is 2.24. The van der Waals surface area contributed by atoms with Gasteiger partial charge in [-0.05, 0) is 32.0 Å². The van der Waals surface area contributed by atoms with Gasteiger partial charge in [-0.25, -0.2) is 0 Å². The van der Waals surface area contributed by atoms with Crippen molar-refractivity contribution in [3.63, 3.8) is 0 Å². The first kappa shape index (κ1) is 17.6. The Morgan fingerprint density at radius 3 is 2.92 bits per heavy atom. The molecule has 0 aliphatic carbocycles. The molecule has 0 bridgehead atoms. The van der Waals surface area contributed by atoms with Crippen molar-refractivity contribution < 1.29 is 9.32 Å². The summed E-state index contributed by atoms with van der Waals surface area (Å²) in [7, 11) is 0. The van der Waals surface area contributed by atoms with Crippen LogP contribution in [-0.4, -0.2) is 31.9 Å². The first-order chi connectivity index (χ1) is 12.5. The van der Waals surface area contributed by atoms with Crippen LogP contribution in [0.15, 0.2) is 35.0 Å². The lowest BCUT2D eigenvalue weighted by Gasteiger charge is -2.12. The number of hydrogen-bond acceptors (Lipinski definition) is 6. The quantitative estimate of drug-likeness (QED) is 0.739. The SMILES string of the molecule is Cc1noc(C(=O)N[C@@H](C)Cn2ccc(-c3ccc(C#N)c(Cl)c3)n2)n1. The molecule has 2 heterocycles. The summed E-state index contributed by atoms with van der Waals surface area (Å²) in [6.45, 7) is 3.95. The number of amides is 1. The van der Waals surface area contributed by atoms with Gasteiger partial charge in [0.15, 0.2) is 5.82 Å². The van der Waals surface area contributed by atoms with Gasteiger partial charge >= 0.3 is 11.8 Å². The summed E-state index contributed by atoms with van der Waals surface area (Å²) in [4.78, 5) is 15.9. The van der Waals surface area contributed by atoms with E-state index in [1.54, 1.807) is 36.0 Å². The van der Waals surface area contributed by atoms with Gasteiger partial charge in [0.05, 0.1) is 22.8 Å². The fraction of sp³-hybridized carbons (Fsp3) is 0.235. The van der Waals surface area contributed by atoms with Crippen molar-refractivity contribution in [1.82, 2.24) is 25.2 Å². The zero-order valence-corrected chi connectivity index (χ0v) is 14.9. The van der Waals surface area contributed by atoms with E-state index in [1.807, 2.05) is 19.1 Å². The summed E-state index contributed by atoms with van der Waals surface area (Å²) in [5.41, 5.74) is 1.95. The number of aromatic nitrogens is 4. The molecule has 1 amide bonds. The van der Waals surface area contributed by atoms with E-state index in [2.05, 4.69) is 20.6 Å². The molecule has 3 aromatic rings. The van der Waals surface area contributed by atoms with Crippen molar-refractivity contribution in [3.05, 3.63) is 52.8 Å². The maximum Gasteiger partial charge on any atom is 0.315 e. The number of halogens is 1. The Labute approximate surface area is 154 Å². The van der Waals surface area contributed by atoms with Crippen LogP contribution in [0.4, 0.5) is 0 Å². The molecule has 2 aromatic heterocycles. The van der Waals surface area contributed by atoms with Gasteiger partial charge in [0, 0.05) is 17.8 Å². The number of nitriles is 1. The van der Waals surface area contributed by atoms with E-state index in [9.17, 15) is 4.79 Å². The Morgan fingerprint density at radius 1 is 1.46 bits per heavy atom. The average Bonchev–Trinajstić information content (AvgIpc) is 3.24. The van der Waals surface area contributed by atoms with Crippen LogP contribution in [-0.2, 0) is 6.54 Å². The standard InChI is InChI=1S/C17H15ClN6O2/c1-10(20-16(25)17-21-11(2)23-26-17)9-24-6-5-15(22-24)12-3-4-13(8-19)14(18)7-12/h3-7,10H,9H2,1-2H3,(H,20,25)/t10-/m0/s1. The molecular formula is C17H15ClN6O2. The molecule has 0 saturated carbocycles. The van der Waals surface area contributed by atoms with Crippen molar-refractivity contribution in [2.24, 2.45) is 0 Å². The van der Waals surface area contributed by atoms with Crippen LogP contribution in [0.3, 0.4) is 0 Å². The van der Waals surface area contributed by atoms with E-state index in [0.29, 0.717) is 23.0 Å². The largest absolute Gasteiger partial charge is 0.344 e. The van der Waals surface area contributed by atoms with Crippen LogP contribution in [0.5, 0.6) is 0 Å². The molecule has 0 radical (unpaired) electrons. The topological polar surface area (TPSA) is 110 Å². The molecule has 9 heteroatoms. The summed E-state index contributed by atoms with van der Waals surface area (Å²) in [5.74, 6) is -0.0901. The zero-order chi connectivity index (χ0) is 18.7. The van der Waals surface area contributed by atoms with Crippen LogP contribution in [0.2, 0.25) is 5.02 Å². The second-order valence-corrected chi connectivity index (χ2v) is 6.16. The minimum Gasteiger partial charge on any atom is -0.344 e. The molecule has 3 rings (SSSR count). The first-order valence-electron chi connectivity index (χ1n) is 7.81. The lowest BCUT2D eigenvalue weighted by molar-refractivity contribution is 0.0891. The molecule has 26 heavy (non-hydrogen) atoms. The van der Waals surface area contributed by atoms with Gasteiger partial charge in [-0.2, -0.15) is 15.3 Å². The van der Waals surface area contributed by atoms with Gasteiger partial charge in [0.25, 0.3) is 0 Å². The van der Waals surface area contributed by atoms with Crippen LogP contribution in [0.25, 0.3) is 11.3 Å². The van der Waals surface area contributed by atoms with Gasteiger partial charge in [-0.3, -0.25) is 9.48 Å². The molecule has 8 nitrogen and oxygen atoms in total. The van der Waals surface area contributed by atoms with E-state index < -0.39 is 5.91 Å². The average molecular weight is 371 g/mol. The Hall–Kier alpha value is -3.18. The minimum atomic E-state index is -0.427. The second kappa shape index (κ2) is 7.37. The van der Waals surface area contributed by atoms with Gasteiger partial charge in [0.2, 0.25) is 0 Å². The molecule has 0 spiro atoms. The third-order valence-electron chi connectivity index (χ3n) is 3.59. The second-order valence-electron chi connectivity index (χ2n) is 5.75. The van der Waals surface area contributed by atoms with Crippen molar-refractivity contribution in [2.75, 3.05) is 0 Å². The Kier molecular flexibility index (Phi) is 5.00. The molecular weight excluding hydrogens is 356 g/mol. The number of nitrogens with one attached hydrogen (secondary N) is 1. The fourth-order valence-electron chi connectivity index (χ4n) is 2.38. The highest BCUT2D eigenvalue weighted by molar-refractivity contribution is 6.32. The van der Waals surface area contributed by atoms with Crippen molar-refractivity contribution in [2.45, 2.75) is 26.4 Å².